The first-order chi connectivity index (χ1) is 15.9. The number of hydrogen-bond acceptors (Lipinski definition) is 6. The number of sulfonamides is 1. The lowest BCUT2D eigenvalue weighted by molar-refractivity contribution is -0.148. The molecule has 0 aromatic heterocycles. The zero-order valence-corrected chi connectivity index (χ0v) is 20.5. The molecule has 2 aromatic rings. The number of likely N-dealkylation sites (N-methyl/N-ethyl adjacent to an activating group) is 1. The summed E-state index contributed by atoms with van der Waals surface area (Å²) in [7, 11) is 1.43. The van der Waals surface area contributed by atoms with E-state index in [1.165, 1.54) is 11.4 Å². The second kappa shape index (κ2) is 11.7. The van der Waals surface area contributed by atoms with Gasteiger partial charge in [0.2, 0.25) is 10.0 Å². The van der Waals surface area contributed by atoms with E-state index in [1.807, 2.05) is 31.3 Å². The molecule has 1 N–H and O–H groups in total. The van der Waals surface area contributed by atoms with E-state index in [0.29, 0.717) is 17.9 Å². The van der Waals surface area contributed by atoms with Crippen molar-refractivity contribution in [2.24, 2.45) is 5.92 Å². The molecular formula is C25H35N3O4S. The number of hydrogen-bond donors (Lipinski definition) is 1. The second-order valence-corrected chi connectivity index (χ2v) is 10.6. The number of ether oxygens (including phenoxy) is 1. The van der Waals surface area contributed by atoms with Crippen LogP contribution in [0.25, 0.3) is 0 Å². The van der Waals surface area contributed by atoms with Gasteiger partial charge in [0, 0.05) is 26.7 Å². The maximum atomic E-state index is 13.1. The quantitative estimate of drug-likeness (QED) is 0.535. The van der Waals surface area contributed by atoms with Crippen LogP contribution in [0.2, 0.25) is 0 Å². The first-order valence-electron chi connectivity index (χ1n) is 11.4. The predicted molar refractivity (Wildman–Crippen MR) is 129 cm³/mol. The van der Waals surface area contributed by atoms with Gasteiger partial charge in [-0.15, -0.1) is 0 Å². The van der Waals surface area contributed by atoms with Gasteiger partial charge in [0.1, 0.15) is 0 Å². The summed E-state index contributed by atoms with van der Waals surface area (Å²) in [4.78, 5) is 14.6. The van der Waals surface area contributed by atoms with E-state index < -0.39 is 10.0 Å². The zero-order valence-electron chi connectivity index (χ0n) is 19.7. The van der Waals surface area contributed by atoms with E-state index >= 15 is 0 Å². The molecule has 8 heteroatoms. The van der Waals surface area contributed by atoms with Crippen LogP contribution >= 0.6 is 0 Å². The average molecular weight is 474 g/mol. The van der Waals surface area contributed by atoms with Gasteiger partial charge >= 0.3 is 5.97 Å². The molecule has 7 nitrogen and oxygen atoms in total. The Hall–Kier alpha value is -2.26. The Bertz CT molecular complexity index is 985. The summed E-state index contributed by atoms with van der Waals surface area (Å²) < 4.78 is 32.6. The highest BCUT2D eigenvalue weighted by Crippen LogP contribution is 2.27. The van der Waals surface area contributed by atoms with Gasteiger partial charge in [-0.2, -0.15) is 0 Å². The van der Waals surface area contributed by atoms with E-state index in [0.717, 1.165) is 31.5 Å². The van der Waals surface area contributed by atoms with Gasteiger partial charge in [-0.3, -0.25) is 9.69 Å². The first-order valence-corrected chi connectivity index (χ1v) is 12.9. The van der Waals surface area contributed by atoms with Crippen molar-refractivity contribution in [2.75, 3.05) is 40.8 Å². The van der Waals surface area contributed by atoms with Crippen molar-refractivity contribution in [3.05, 3.63) is 66.2 Å². The van der Waals surface area contributed by atoms with E-state index in [-0.39, 0.29) is 24.0 Å². The number of piperidine rings is 1. The Balaban J connectivity index is 1.71. The summed E-state index contributed by atoms with van der Waals surface area (Å²) in [6.07, 6.45) is 2.37. The van der Waals surface area contributed by atoms with Crippen LogP contribution in [0.15, 0.2) is 65.6 Å². The van der Waals surface area contributed by atoms with Crippen LogP contribution in [0, 0.1) is 5.92 Å². The number of carbonyl (C=O) groups excluding carboxylic acids is 1. The molecule has 0 amide bonds. The van der Waals surface area contributed by atoms with E-state index in [9.17, 15) is 13.2 Å². The number of nitrogens with zero attached hydrogens (tertiary/aromatic N) is 2. The molecule has 2 aromatic carbocycles. The molecule has 1 saturated heterocycles. The number of likely N-dealkylation sites (tertiary alicyclic amines) is 1. The molecule has 3 atom stereocenters. The number of esters is 1. The smallest absolute Gasteiger partial charge is 0.308 e. The van der Waals surface area contributed by atoms with Crippen molar-refractivity contribution in [1.82, 2.24) is 14.5 Å². The molecule has 33 heavy (non-hydrogen) atoms. The predicted octanol–water partition coefficient (Wildman–Crippen LogP) is 2.91. The summed E-state index contributed by atoms with van der Waals surface area (Å²) in [5.74, 6) is -0.189. The van der Waals surface area contributed by atoms with Crippen LogP contribution < -0.4 is 5.32 Å². The molecular weight excluding hydrogens is 438 g/mol. The Morgan fingerprint density at radius 1 is 1.15 bits per heavy atom. The Morgan fingerprint density at radius 3 is 2.39 bits per heavy atom. The number of benzene rings is 2. The van der Waals surface area contributed by atoms with Crippen LogP contribution in [0.1, 0.15) is 30.7 Å². The molecule has 1 aliphatic rings. The Labute approximate surface area is 197 Å². The molecule has 1 heterocycles. The minimum atomic E-state index is -3.56. The van der Waals surface area contributed by atoms with Crippen molar-refractivity contribution in [3.8, 4) is 0 Å². The highest BCUT2D eigenvalue weighted by molar-refractivity contribution is 7.89. The molecule has 1 unspecified atom stereocenters. The standard InChI is InChI=1S/C25H35N3O4S/c1-26-24-18-21(25(29)32-3)14-16-28(24)17-15-22(20-10-6-4-7-11-20)19-27(2)33(30,31)23-12-8-5-9-13-23/h4-13,21-22,24,26H,14-19H2,1-3H3/t21-,22?,24+/m0/s1. The highest BCUT2D eigenvalue weighted by Gasteiger charge is 2.32. The molecule has 1 aliphatic heterocycles. The Morgan fingerprint density at radius 2 is 1.79 bits per heavy atom. The lowest BCUT2D eigenvalue weighted by atomic mass is 9.92. The molecule has 0 bridgehead atoms. The topological polar surface area (TPSA) is 79.0 Å². The van der Waals surface area contributed by atoms with Crippen LogP contribution in [-0.4, -0.2) is 70.6 Å². The minimum Gasteiger partial charge on any atom is -0.469 e. The summed E-state index contributed by atoms with van der Waals surface area (Å²) >= 11 is 0. The van der Waals surface area contributed by atoms with Crippen molar-refractivity contribution in [2.45, 2.75) is 36.2 Å². The summed E-state index contributed by atoms with van der Waals surface area (Å²) in [5, 5.41) is 3.32. The third-order valence-corrected chi connectivity index (χ3v) is 8.38. The normalized spacial score (nSPS) is 20.5. The van der Waals surface area contributed by atoms with Crippen LogP contribution in [0.5, 0.6) is 0 Å². The third kappa shape index (κ3) is 6.41. The molecule has 3 rings (SSSR count). The first kappa shape index (κ1) is 25.4. The molecule has 0 radical (unpaired) electrons. The van der Waals surface area contributed by atoms with Crippen LogP contribution in [0.4, 0.5) is 0 Å². The van der Waals surface area contributed by atoms with Crippen molar-refractivity contribution >= 4 is 16.0 Å². The van der Waals surface area contributed by atoms with E-state index in [1.54, 1.807) is 31.3 Å². The van der Waals surface area contributed by atoms with Gasteiger partial charge in [-0.05, 0) is 49.9 Å². The maximum absolute atomic E-state index is 13.1. The van der Waals surface area contributed by atoms with E-state index in [4.69, 9.17) is 4.74 Å². The third-order valence-electron chi connectivity index (χ3n) is 6.55. The number of carbonyl (C=O) groups is 1. The largest absolute Gasteiger partial charge is 0.469 e. The fourth-order valence-electron chi connectivity index (χ4n) is 4.55. The van der Waals surface area contributed by atoms with Gasteiger partial charge in [-0.1, -0.05) is 48.5 Å². The van der Waals surface area contributed by atoms with Crippen LogP contribution in [-0.2, 0) is 19.6 Å². The van der Waals surface area contributed by atoms with Crippen molar-refractivity contribution < 1.29 is 17.9 Å². The SMILES string of the molecule is CN[C@H]1C[C@@H](C(=O)OC)CCN1CCC(CN(C)S(=O)(=O)c1ccccc1)c1ccccc1. The maximum Gasteiger partial charge on any atom is 0.308 e. The molecule has 1 fully saturated rings. The fourth-order valence-corrected chi connectivity index (χ4v) is 5.79. The summed E-state index contributed by atoms with van der Waals surface area (Å²) in [5.41, 5.74) is 1.12. The summed E-state index contributed by atoms with van der Waals surface area (Å²) in [6.45, 7) is 1.99. The molecule has 0 saturated carbocycles. The average Bonchev–Trinajstić information content (AvgIpc) is 2.86. The monoisotopic (exact) mass is 473 g/mol. The number of rotatable bonds is 10. The van der Waals surface area contributed by atoms with Crippen LogP contribution in [0.3, 0.4) is 0 Å². The van der Waals surface area contributed by atoms with Gasteiger partial charge in [0.15, 0.2) is 0 Å². The van der Waals surface area contributed by atoms with Gasteiger partial charge in [-0.25, -0.2) is 12.7 Å². The molecule has 0 spiro atoms. The van der Waals surface area contributed by atoms with Gasteiger partial charge < -0.3 is 10.1 Å². The fraction of sp³-hybridized carbons (Fsp3) is 0.480. The zero-order chi connectivity index (χ0) is 23.8. The second-order valence-electron chi connectivity index (χ2n) is 8.58. The number of nitrogens with one attached hydrogen (secondary N) is 1. The number of methoxy groups -OCH3 is 1. The van der Waals surface area contributed by atoms with Gasteiger partial charge in [0.25, 0.3) is 0 Å². The van der Waals surface area contributed by atoms with Crippen molar-refractivity contribution in [1.29, 1.82) is 0 Å². The molecule has 180 valence electrons. The minimum absolute atomic E-state index is 0.0468. The lowest BCUT2D eigenvalue weighted by Gasteiger charge is -2.39. The molecule has 0 aliphatic carbocycles. The Kier molecular flexibility index (Phi) is 9.02. The lowest BCUT2D eigenvalue weighted by Crippen LogP contribution is -2.51. The van der Waals surface area contributed by atoms with Crippen molar-refractivity contribution in [3.63, 3.8) is 0 Å². The highest BCUT2D eigenvalue weighted by atomic mass is 32.2. The summed E-state index contributed by atoms with van der Waals surface area (Å²) in [6, 6.07) is 18.6. The van der Waals surface area contributed by atoms with Gasteiger partial charge in [0.05, 0.1) is 24.1 Å². The van der Waals surface area contributed by atoms with E-state index in [2.05, 4.69) is 22.3 Å².